The van der Waals surface area contributed by atoms with Crippen LogP contribution in [0, 0.1) is 5.92 Å². The van der Waals surface area contributed by atoms with Gasteiger partial charge in [-0.2, -0.15) is 0 Å². The Hall–Kier alpha value is -0.820. The molecule has 0 aliphatic carbocycles. The van der Waals surface area contributed by atoms with Gasteiger partial charge in [0.05, 0.1) is 0 Å². The maximum Gasteiger partial charge on any atom is -0.00142 e. The largest absolute Gasteiger partial charge is 0.316 e. The van der Waals surface area contributed by atoms with Crippen LogP contribution in [0.3, 0.4) is 0 Å². The Morgan fingerprint density at radius 1 is 1.33 bits per heavy atom. The van der Waals surface area contributed by atoms with E-state index in [0.717, 1.165) is 11.8 Å². The molecular formula is C14H21N. The molecule has 0 bridgehead atoms. The monoisotopic (exact) mass is 203 g/mol. The highest BCUT2D eigenvalue weighted by Gasteiger charge is 2.24. The van der Waals surface area contributed by atoms with Gasteiger partial charge >= 0.3 is 0 Å². The van der Waals surface area contributed by atoms with E-state index in [2.05, 4.69) is 42.6 Å². The highest BCUT2D eigenvalue weighted by Crippen LogP contribution is 2.32. The summed E-state index contributed by atoms with van der Waals surface area (Å²) in [4.78, 5) is 0. The second-order valence-corrected chi connectivity index (χ2v) is 4.56. The average Bonchev–Trinajstić information content (AvgIpc) is 2.80. The minimum atomic E-state index is 0.770. The lowest BCUT2D eigenvalue weighted by Gasteiger charge is -2.22. The standard InChI is InChI=1S/C14H21N/c1-2-6-14(13-9-10-15-11-13)12-7-4-3-5-8-12/h3-5,7-8,13-15H,2,6,9-11H2,1H3. The molecule has 1 heteroatoms. The van der Waals surface area contributed by atoms with Gasteiger partial charge in [-0.3, -0.25) is 0 Å². The van der Waals surface area contributed by atoms with E-state index in [4.69, 9.17) is 0 Å². The molecule has 2 unspecified atom stereocenters. The van der Waals surface area contributed by atoms with Crippen molar-refractivity contribution >= 4 is 0 Å². The summed E-state index contributed by atoms with van der Waals surface area (Å²) in [7, 11) is 0. The van der Waals surface area contributed by atoms with E-state index in [9.17, 15) is 0 Å². The van der Waals surface area contributed by atoms with E-state index in [-0.39, 0.29) is 0 Å². The molecule has 82 valence electrons. The Balaban J connectivity index is 2.11. The van der Waals surface area contributed by atoms with Gasteiger partial charge in [0.15, 0.2) is 0 Å². The van der Waals surface area contributed by atoms with Crippen LogP contribution in [-0.2, 0) is 0 Å². The first-order valence-electron chi connectivity index (χ1n) is 6.17. The van der Waals surface area contributed by atoms with Crippen LogP contribution < -0.4 is 5.32 Å². The second kappa shape index (κ2) is 5.32. The molecule has 1 N–H and O–H groups in total. The summed E-state index contributed by atoms with van der Waals surface area (Å²) in [5.74, 6) is 1.62. The lowest BCUT2D eigenvalue weighted by molar-refractivity contribution is 0.429. The van der Waals surface area contributed by atoms with Crippen LogP contribution in [0.25, 0.3) is 0 Å². The molecule has 1 aliphatic rings. The normalized spacial score (nSPS) is 22.9. The van der Waals surface area contributed by atoms with E-state index in [1.54, 1.807) is 0 Å². The van der Waals surface area contributed by atoms with Gasteiger partial charge < -0.3 is 5.32 Å². The summed E-state index contributed by atoms with van der Waals surface area (Å²) in [6, 6.07) is 11.0. The first kappa shape index (κ1) is 10.7. The fourth-order valence-corrected chi connectivity index (χ4v) is 2.71. The van der Waals surface area contributed by atoms with Gasteiger partial charge in [0, 0.05) is 0 Å². The van der Waals surface area contributed by atoms with Gasteiger partial charge in [0.2, 0.25) is 0 Å². The molecule has 1 nitrogen and oxygen atoms in total. The van der Waals surface area contributed by atoms with Crippen molar-refractivity contribution in [1.82, 2.24) is 5.32 Å². The van der Waals surface area contributed by atoms with E-state index in [0.29, 0.717) is 0 Å². The van der Waals surface area contributed by atoms with Crippen molar-refractivity contribution in [1.29, 1.82) is 0 Å². The Morgan fingerprint density at radius 3 is 2.73 bits per heavy atom. The third-order valence-electron chi connectivity index (χ3n) is 3.49. The molecule has 1 fully saturated rings. The molecule has 2 atom stereocenters. The van der Waals surface area contributed by atoms with Crippen LogP contribution in [0.4, 0.5) is 0 Å². The maximum absolute atomic E-state index is 3.48. The number of rotatable bonds is 4. The zero-order chi connectivity index (χ0) is 10.5. The third-order valence-corrected chi connectivity index (χ3v) is 3.49. The smallest absolute Gasteiger partial charge is 0.00142 e. The second-order valence-electron chi connectivity index (χ2n) is 4.56. The van der Waals surface area contributed by atoms with Crippen LogP contribution in [0.2, 0.25) is 0 Å². The maximum atomic E-state index is 3.48. The molecule has 1 heterocycles. The van der Waals surface area contributed by atoms with Crippen molar-refractivity contribution < 1.29 is 0 Å². The Kier molecular flexibility index (Phi) is 3.79. The third kappa shape index (κ3) is 2.60. The van der Waals surface area contributed by atoms with E-state index in [1.807, 2.05) is 0 Å². The summed E-state index contributed by atoms with van der Waals surface area (Å²) < 4.78 is 0. The molecular weight excluding hydrogens is 182 g/mol. The van der Waals surface area contributed by atoms with Crippen LogP contribution in [0.1, 0.15) is 37.7 Å². The first-order chi connectivity index (χ1) is 7.42. The van der Waals surface area contributed by atoms with Gasteiger partial charge in [-0.15, -0.1) is 0 Å². The molecule has 1 aromatic carbocycles. The molecule has 1 saturated heterocycles. The highest BCUT2D eigenvalue weighted by atomic mass is 14.9. The molecule has 0 saturated carbocycles. The predicted octanol–water partition coefficient (Wildman–Crippen LogP) is 3.18. The van der Waals surface area contributed by atoms with Crippen LogP contribution >= 0.6 is 0 Å². The van der Waals surface area contributed by atoms with Crippen LogP contribution in [-0.4, -0.2) is 13.1 Å². The van der Waals surface area contributed by atoms with Crippen LogP contribution in [0.15, 0.2) is 30.3 Å². The Labute approximate surface area is 92.9 Å². The Bertz CT molecular complexity index is 275. The fourth-order valence-electron chi connectivity index (χ4n) is 2.71. The summed E-state index contributed by atoms with van der Waals surface area (Å²) in [5.41, 5.74) is 1.54. The van der Waals surface area contributed by atoms with E-state index in [1.165, 1.54) is 37.9 Å². The fraction of sp³-hybridized carbons (Fsp3) is 0.571. The van der Waals surface area contributed by atoms with E-state index >= 15 is 0 Å². The van der Waals surface area contributed by atoms with Crippen molar-refractivity contribution in [3.05, 3.63) is 35.9 Å². The SMILES string of the molecule is CCCC(c1ccccc1)C1CCNC1. The summed E-state index contributed by atoms with van der Waals surface area (Å²) in [6.07, 6.45) is 3.96. The Morgan fingerprint density at radius 2 is 2.13 bits per heavy atom. The van der Waals surface area contributed by atoms with Gasteiger partial charge in [-0.1, -0.05) is 43.7 Å². The van der Waals surface area contributed by atoms with Crippen molar-refractivity contribution in [3.63, 3.8) is 0 Å². The number of benzene rings is 1. The van der Waals surface area contributed by atoms with Crippen LogP contribution in [0.5, 0.6) is 0 Å². The summed E-state index contributed by atoms with van der Waals surface area (Å²) >= 11 is 0. The molecule has 0 amide bonds. The van der Waals surface area contributed by atoms with Crippen molar-refractivity contribution in [3.8, 4) is 0 Å². The lowest BCUT2D eigenvalue weighted by atomic mass is 9.82. The first-order valence-corrected chi connectivity index (χ1v) is 6.17. The average molecular weight is 203 g/mol. The quantitative estimate of drug-likeness (QED) is 0.792. The molecule has 1 aliphatic heterocycles. The van der Waals surface area contributed by atoms with Gasteiger partial charge in [0.25, 0.3) is 0 Å². The highest BCUT2D eigenvalue weighted by molar-refractivity contribution is 5.20. The number of hydrogen-bond acceptors (Lipinski definition) is 1. The molecule has 0 aromatic heterocycles. The minimum Gasteiger partial charge on any atom is -0.316 e. The molecule has 0 radical (unpaired) electrons. The van der Waals surface area contributed by atoms with Crippen molar-refractivity contribution in [2.75, 3.05) is 13.1 Å². The van der Waals surface area contributed by atoms with Crippen molar-refractivity contribution in [2.24, 2.45) is 5.92 Å². The molecule has 1 aromatic rings. The molecule has 0 spiro atoms. The van der Waals surface area contributed by atoms with E-state index < -0.39 is 0 Å². The minimum absolute atomic E-state index is 0.770. The topological polar surface area (TPSA) is 12.0 Å². The van der Waals surface area contributed by atoms with Gasteiger partial charge in [-0.25, -0.2) is 0 Å². The lowest BCUT2D eigenvalue weighted by Crippen LogP contribution is -2.16. The summed E-state index contributed by atoms with van der Waals surface area (Å²) in [6.45, 7) is 4.70. The molecule has 2 rings (SSSR count). The number of hydrogen-bond donors (Lipinski definition) is 1. The van der Waals surface area contributed by atoms with Gasteiger partial charge in [-0.05, 0) is 43.3 Å². The zero-order valence-corrected chi connectivity index (χ0v) is 9.58. The zero-order valence-electron chi connectivity index (χ0n) is 9.58. The molecule has 15 heavy (non-hydrogen) atoms. The summed E-state index contributed by atoms with van der Waals surface area (Å²) in [5, 5.41) is 3.48. The van der Waals surface area contributed by atoms with Crippen molar-refractivity contribution in [2.45, 2.75) is 32.1 Å². The number of nitrogens with one attached hydrogen (secondary N) is 1. The predicted molar refractivity (Wildman–Crippen MR) is 65.1 cm³/mol. The van der Waals surface area contributed by atoms with Gasteiger partial charge in [0.1, 0.15) is 0 Å².